The second-order valence-corrected chi connectivity index (χ2v) is 7.10. The Morgan fingerprint density at radius 2 is 2.00 bits per heavy atom. The molecule has 2 rings (SSSR count). The molecule has 7 nitrogen and oxygen atoms in total. The molecule has 0 saturated carbocycles. The van der Waals surface area contributed by atoms with Crippen LogP contribution in [0.15, 0.2) is 47.7 Å². The molecule has 2 aromatic rings. The smallest absolute Gasteiger partial charge is 0.273 e. The maximum absolute atomic E-state index is 12.4. The van der Waals surface area contributed by atoms with Crippen LogP contribution in [0.2, 0.25) is 5.02 Å². The molecule has 1 aromatic heterocycles. The monoisotopic (exact) mass is 481 g/mol. The molecule has 2 amide bonds. The van der Waals surface area contributed by atoms with E-state index in [1.54, 1.807) is 26.1 Å². The van der Waals surface area contributed by atoms with Gasteiger partial charge in [-0.2, -0.15) is 5.10 Å². The van der Waals surface area contributed by atoms with Crippen molar-refractivity contribution in [3.05, 3.63) is 69.6 Å². The lowest BCUT2D eigenvalue weighted by Gasteiger charge is -2.14. The number of hydrogen-bond donors (Lipinski definition) is 3. The zero-order valence-corrected chi connectivity index (χ0v) is 19.2. The van der Waals surface area contributed by atoms with E-state index in [2.05, 4.69) is 43.6 Å². The molecular weight excluding hydrogens is 458 g/mol. The number of amides is 2. The predicted octanol–water partition coefficient (Wildman–Crippen LogP) is 4.05. The van der Waals surface area contributed by atoms with E-state index in [-0.39, 0.29) is 11.8 Å². The molecule has 0 atom stereocenters. The first-order chi connectivity index (χ1) is 13.7. The van der Waals surface area contributed by atoms with Gasteiger partial charge in [-0.05, 0) is 53.7 Å². The molecule has 29 heavy (non-hydrogen) atoms. The lowest BCUT2D eigenvalue weighted by molar-refractivity contribution is 0.0964. The molecule has 3 N–H and O–H groups in total. The topological polar surface area (TPSA) is 88.0 Å². The van der Waals surface area contributed by atoms with Gasteiger partial charge < -0.3 is 16.0 Å². The van der Waals surface area contributed by atoms with Crippen molar-refractivity contribution in [3.8, 4) is 0 Å². The third-order valence-electron chi connectivity index (χ3n) is 3.64. The normalized spacial score (nSPS) is 10.1. The van der Waals surface area contributed by atoms with Crippen LogP contribution in [0.3, 0.4) is 0 Å². The Morgan fingerprint density at radius 3 is 2.52 bits per heavy atom. The molecule has 0 bridgehead atoms. The van der Waals surface area contributed by atoms with E-state index in [1.165, 1.54) is 17.8 Å². The molecule has 156 valence electrons. The number of rotatable bonds is 6. The van der Waals surface area contributed by atoms with Crippen LogP contribution in [0.4, 0.5) is 5.69 Å². The summed E-state index contributed by atoms with van der Waals surface area (Å²) in [5, 5.41) is 12.8. The van der Waals surface area contributed by atoms with Crippen molar-refractivity contribution in [1.29, 1.82) is 0 Å². The highest BCUT2D eigenvalue weighted by molar-refractivity contribution is 9.10. The Bertz CT molecular complexity index is 909. The van der Waals surface area contributed by atoms with Crippen LogP contribution in [-0.2, 0) is 7.05 Å². The number of anilines is 1. The Hall–Kier alpha value is -2.58. The van der Waals surface area contributed by atoms with Crippen LogP contribution in [-0.4, -0.2) is 35.2 Å². The molecule has 1 aromatic carbocycles. The largest absolute Gasteiger partial charge is 0.388 e. The Balaban J connectivity index is 0.000000516. The lowest BCUT2D eigenvalue weighted by Crippen LogP contribution is -2.23. The van der Waals surface area contributed by atoms with Crippen LogP contribution in [0.1, 0.15) is 33.3 Å². The minimum Gasteiger partial charge on any atom is -0.388 e. The predicted molar refractivity (Wildman–Crippen MR) is 121 cm³/mol. The number of allylic oxidation sites excluding steroid dienone is 1. The Morgan fingerprint density at radius 1 is 1.31 bits per heavy atom. The van der Waals surface area contributed by atoms with Crippen LogP contribution in [0.25, 0.3) is 0 Å². The number of hydrogen-bond acceptors (Lipinski definition) is 4. The summed E-state index contributed by atoms with van der Waals surface area (Å²) in [6, 6.07) is 4.80. The second kappa shape index (κ2) is 12.1. The second-order valence-electron chi connectivity index (χ2n) is 5.85. The number of aryl methyl sites for hydroxylation is 2. The highest BCUT2D eigenvalue weighted by atomic mass is 79.9. The Labute approximate surface area is 184 Å². The molecular formula is C20H25BrClN5O2. The average Bonchev–Trinajstić information content (AvgIpc) is 3.02. The third-order valence-corrected chi connectivity index (χ3v) is 4.25. The number of carbonyl (C=O) groups is 2. The van der Waals surface area contributed by atoms with Gasteiger partial charge in [0.15, 0.2) is 0 Å². The van der Waals surface area contributed by atoms with Gasteiger partial charge >= 0.3 is 0 Å². The molecule has 9 heteroatoms. The van der Waals surface area contributed by atoms with Crippen LogP contribution in [0, 0.1) is 6.92 Å². The number of halogens is 2. The van der Waals surface area contributed by atoms with Crippen molar-refractivity contribution in [2.24, 2.45) is 7.05 Å². The van der Waals surface area contributed by atoms with E-state index in [4.69, 9.17) is 11.6 Å². The molecule has 0 aliphatic carbocycles. The molecule has 0 unspecified atom stereocenters. The summed E-state index contributed by atoms with van der Waals surface area (Å²) < 4.78 is 2.00. The fourth-order valence-corrected chi connectivity index (χ4v) is 3.04. The summed E-state index contributed by atoms with van der Waals surface area (Å²) in [6.07, 6.45) is 5.66. The standard InChI is InChI=1S/C14H14BrClN4O2.C6H11N/c1-7-4-8(16)5-9(13(21)17-2)12(7)18-14(22)10-6-11(15)19-20(10)3;1-3-5-7-6-4-2/h4-6H,1-3H3,(H,17,21)(H,18,22);3-4,6-7H,1,5H2,2H3/b;6-4+. The zero-order valence-electron chi connectivity index (χ0n) is 16.8. The molecule has 0 fully saturated rings. The summed E-state index contributed by atoms with van der Waals surface area (Å²) in [6.45, 7) is 8.13. The van der Waals surface area contributed by atoms with Gasteiger partial charge in [-0.1, -0.05) is 23.8 Å². The highest BCUT2D eigenvalue weighted by Gasteiger charge is 2.19. The van der Waals surface area contributed by atoms with Crippen LogP contribution >= 0.6 is 27.5 Å². The van der Waals surface area contributed by atoms with Gasteiger partial charge in [0.2, 0.25) is 0 Å². The highest BCUT2D eigenvalue weighted by Crippen LogP contribution is 2.26. The van der Waals surface area contributed by atoms with Crippen molar-refractivity contribution < 1.29 is 9.59 Å². The Kier molecular flexibility index (Phi) is 10.2. The van der Waals surface area contributed by atoms with Gasteiger partial charge in [0.1, 0.15) is 10.3 Å². The number of benzene rings is 1. The third kappa shape index (κ3) is 7.40. The van der Waals surface area contributed by atoms with Gasteiger partial charge in [0, 0.05) is 31.7 Å². The van der Waals surface area contributed by atoms with Gasteiger partial charge in [0.25, 0.3) is 11.8 Å². The van der Waals surface area contributed by atoms with E-state index in [1.807, 2.05) is 25.3 Å². The maximum Gasteiger partial charge on any atom is 0.273 e. The first kappa shape index (κ1) is 24.5. The van der Waals surface area contributed by atoms with Crippen molar-refractivity contribution in [1.82, 2.24) is 20.4 Å². The summed E-state index contributed by atoms with van der Waals surface area (Å²) in [5.41, 5.74) is 1.79. The minimum absolute atomic E-state index is 0.307. The quantitative estimate of drug-likeness (QED) is 0.428. The molecule has 0 saturated heterocycles. The average molecular weight is 483 g/mol. The van der Waals surface area contributed by atoms with Crippen molar-refractivity contribution in [3.63, 3.8) is 0 Å². The molecule has 0 spiro atoms. The van der Waals surface area contributed by atoms with E-state index in [0.717, 1.165) is 6.54 Å². The molecule has 0 aliphatic rings. The van der Waals surface area contributed by atoms with Crippen molar-refractivity contribution >= 4 is 45.0 Å². The molecule has 0 aliphatic heterocycles. The SMILES string of the molecule is C=CCN/C=C/C.CNC(=O)c1cc(Cl)cc(C)c1NC(=O)c1cc(Br)nn1C. The van der Waals surface area contributed by atoms with E-state index < -0.39 is 0 Å². The van der Waals surface area contributed by atoms with Crippen molar-refractivity contribution in [2.45, 2.75) is 13.8 Å². The van der Waals surface area contributed by atoms with E-state index in [9.17, 15) is 9.59 Å². The zero-order chi connectivity index (χ0) is 22.0. The summed E-state index contributed by atoms with van der Waals surface area (Å²) in [7, 11) is 3.18. The van der Waals surface area contributed by atoms with E-state index >= 15 is 0 Å². The van der Waals surface area contributed by atoms with Crippen molar-refractivity contribution in [2.75, 3.05) is 18.9 Å². The number of aromatic nitrogens is 2. The summed E-state index contributed by atoms with van der Waals surface area (Å²) in [5.74, 6) is -0.691. The molecule has 1 heterocycles. The summed E-state index contributed by atoms with van der Waals surface area (Å²) >= 11 is 9.21. The fraction of sp³-hybridized carbons (Fsp3) is 0.250. The number of carbonyl (C=O) groups excluding carboxylic acids is 2. The van der Waals surface area contributed by atoms with Gasteiger partial charge in [0.05, 0.1) is 11.3 Å². The molecule has 0 radical (unpaired) electrons. The first-order valence-electron chi connectivity index (χ1n) is 8.73. The van der Waals surface area contributed by atoms with Gasteiger partial charge in [-0.3, -0.25) is 14.3 Å². The maximum atomic E-state index is 12.4. The van der Waals surface area contributed by atoms with Gasteiger partial charge in [-0.15, -0.1) is 6.58 Å². The number of nitrogens with one attached hydrogen (secondary N) is 3. The van der Waals surface area contributed by atoms with Crippen LogP contribution < -0.4 is 16.0 Å². The van der Waals surface area contributed by atoms with Gasteiger partial charge in [-0.25, -0.2) is 0 Å². The van der Waals surface area contributed by atoms with E-state index in [0.29, 0.717) is 32.1 Å². The lowest BCUT2D eigenvalue weighted by atomic mass is 10.1. The fourth-order valence-electron chi connectivity index (χ4n) is 2.31. The van der Waals surface area contributed by atoms with Crippen LogP contribution in [0.5, 0.6) is 0 Å². The minimum atomic E-state index is -0.365. The number of nitrogens with zero attached hydrogens (tertiary/aromatic N) is 2. The summed E-state index contributed by atoms with van der Waals surface area (Å²) in [4.78, 5) is 24.4. The first-order valence-corrected chi connectivity index (χ1v) is 9.90.